The van der Waals surface area contributed by atoms with Gasteiger partial charge in [-0.15, -0.1) is 6.58 Å². The van der Waals surface area contributed by atoms with E-state index in [0.717, 1.165) is 44.6 Å². The summed E-state index contributed by atoms with van der Waals surface area (Å²) in [7, 11) is 0. The van der Waals surface area contributed by atoms with Crippen LogP contribution < -0.4 is 5.32 Å². The van der Waals surface area contributed by atoms with Crippen LogP contribution in [0.4, 0.5) is 0 Å². The normalized spacial score (nSPS) is 18.2. The predicted octanol–water partition coefficient (Wildman–Crippen LogP) is 2.61. The number of allylic oxidation sites excluding steroid dienone is 1. The molecule has 1 aromatic rings. The molecule has 1 aliphatic rings. The zero-order chi connectivity index (χ0) is 13.7. The predicted molar refractivity (Wildman–Crippen MR) is 79.5 cm³/mol. The minimum absolute atomic E-state index is 0.292. The van der Waals surface area contributed by atoms with E-state index < -0.39 is 0 Å². The van der Waals surface area contributed by atoms with Crippen molar-refractivity contribution in [2.45, 2.75) is 25.8 Å². The Morgan fingerprint density at radius 3 is 2.84 bits per heavy atom. The molecule has 1 heterocycles. The third-order valence-electron chi connectivity index (χ3n) is 3.78. The second-order valence-electron chi connectivity index (χ2n) is 5.23. The number of phenolic OH excluding ortho intramolecular Hbond substituents is 1. The lowest BCUT2D eigenvalue weighted by atomic mass is 9.97. The van der Waals surface area contributed by atoms with Gasteiger partial charge in [0.15, 0.2) is 0 Å². The lowest BCUT2D eigenvalue weighted by molar-refractivity contribution is 0.163. The second-order valence-corrected chi connectivity index (χ2v) is 5.23. The van der Waals surface area contributed by atoms with Crippen molar-refractivity contribution in [3.8, 4) is 5.75 Å². The molecule has 0 aliphatic carbocycles. The number of phenols is 1. The van der Waals surface area contributed by atoms with Gasteiger partial charge in [-0.2, -0.15) is 0 Å². The van der Waals surface area contributed by atoms with Crippen molar-refractivity contribution < 1.29 is 5.11 Å². The molecular weight excluding hydrogens is 236 g/mol. The maximum absolute atomic E-state index is 10.2. The third-order valence-corrected chi connectivity index (χ3v) is 3.78. The Labute approximate surface area is 115 Å². The Morgan fingerprint density at radius 2 is 2.16 bits per heavy atom. The number of aromatic hydroxyl groups is 1. The van der Waals surface area contributed by atoms with Gasteiger partial charge < -0.3 is 10.4 Å². The first kappa shape index (κ1) is 14.1. The van der Waals surface area contributed by atoms with Crippen LogP contribution >= 0.6 is 0 Å². The van der Waals surface area contributed by atoms with Gasteiger partial charge >= 0.3 is 0 Å². The van der Waals surface area contributed by atoms with Crippen LogP contribution in [0.3, 0.4) is 0 Å². The fraction of sp³-hybridized carbons (Fsp3) is 0.500. The highest BCUT2D eigenvalue weighted by atomic mass is 16.3. The summed E-state index contributed by atoms with van der Waals surface area (Å²) >= 11 is 0. The van der Waals surface area contributed by atoms with Crippen LogP contribution in [-0.4, -0.2) is 36.2 Å². The zero-order valence-electron chi connectivity index (χ0n) is 11.7. The summed E-state index contributed by atoms with van der Waals surface area (Å²) in [6, 6.07) is 6.18. The molecule has 0 amide bonds. The number of piperazine rings is 1. The molecule has 3 heteroatoms. The van der Waals surface area contributed by atoms with Crippen molar-refractivity contribution in [3.05, 3.63) is 42.0 Å². The molecule has 104 valence electrons. The SMILES string of the molecule is C=CCC[C@@H](c1cc(C)ccc1O)N1CCNCC1. The van der Waals surface area contributed by atoms with Crippen molar-refractivity contribution >= 4 is 0 Å². The van der Waals surface area contributed by atoms with Crippen LogP contribution in [0, 0.1) is 6.92 Å². The van der Waals surface area contributed by atoms with E-state index in [0.29, 0.717) is 11.8 Å². The van der Waals surface area contributed by atoms with E-state index in [-0.39, 0.29) is 0 Å². The summed E-state index contributed by atoms with van der Waals surface area (Å²) in [6.45, 7) is 10.0. The van der Waals surface area contributed by atoms with E-state index >= 15 is 0 Å². The highest BCUT2D eigenvalue weighted by molar-refractivity contribution is 5.38. The zero-order valence-corrected chi connectivity index (χ0v) is 11.7. The van der Waals surface area contributed by atoms with Crippen LogP contribution in [-0.2, 0) is 0 Å². The van der Waals surface area contributed by atoms with Crippen molar-refractivity contribution in [1.82, 2.24) is 10.2 Å². The number of benzene rings is 1. The number of nitrogens with one attached hydrogen (secondary N) is 1. The fourth-order valence-corrected chi connectivity index (χ4v) is 2.75. The molecule has 0 spiro atoms. The van der Waals surface area contributed by atoms with E-state index in [1.165, 1.54) is 5.56 Å². The average Bonchev–Trinajstić information content (AvgIpc) is 2.44. The molecule has 0 bridgehead atoms. The fourth-order valence-electron chi connectivity index (χ4n) is 2.75. The average molecular weight is 260 g/mol. The first-order valence-electron chi connectivity index (χ1n) is 7.07. The molecule has 0 aromatic heterocycles. The number of hydrogen-bond donors (Lipinski definition) is 2. The molecule has 1 aliphatic heterocycles. The van der Waals surface area contributed by atoms with Crippen molar-refractivity contribution in [3.63, 3.8) is 0 Å². The van der Waals surface area contributed by atoms with Gasteiger partial charge in [-0.1, -0.05) is 23.8 Å². The summed E-state index contributed by atoms with van der Waals surface area (Å²) in [4.78, 5) is 2.47. The maximum atomic E-state index is 10.2. The summed E-state index contributed by atoms with van der Waals surface area (Å²) in [5.74, 6) is 0.415. The van der Waals surface area contributed by atoms with Gasteiger partial charge in [-0.05, 0) is 25.8 Å². The summed E-state index contributed by atoms with van der Waals surface area (Å²) < 4.78 is 0. The van der Waals surface area contributed by atoms with E-state index in [2.05, 4.69) is 29.8 Å². The largest absolute Gasteiger partial charge is 0.508 e. The van der Waals surface area contributed by atoms with Crippen LogP contribution in [0.2, 0.25) is 0 Å². The van der Waals surface area contributed by atoms with Gasteiger partial charge in [-0.3, -0.25) is 4.90 Å². The first-order valence-corrected chi connectivity index (χ1v) is 7.07. The van der Waals surface area contributed by atoms with Gasteiger partial charge in [-0.25, -0.2) is 0 Å². The smallest absolute Gasteiger partial charge is 0.120 e. The van der Waals surface area contributed by atoms with Crippen molar-refractivity contribution in [1.29, 1.82) is 0 Å². The third kappa shape index (κ3) is 3.58. The van der Waals surface area contributed by atoms with Crippen LogP contribution in [0.15, 0.2) is 30.9 Å². The Hall–Kier alpha value is -1.32. The molecule has 0 unspecified atom stereocenters. The molecule has 2 rings (SSSR count). The van der Waals surface area contributed by atoms with Crippen LogP contribution in [0.25, 0.3) is 0 Å². The Bertz CT molecular complexity index is 425. The molecule has 1 aromatic carbocycles. The lowest BCUT2D eigenvalue weighted by Crippen LogP contribution is -2.45. The monoisotopic (exact) mass is 260 g/mol. The number of nitrogens with zero attached hydrogens (tertiary/aromatic N) is 1. The van der Waals surface area contributed by atoms with Gasteiger partial charge in [0, 0.05) is 37.8 Å². The maximum Gasteiger partial charge on any atom is 0.120 e. The molecule has 3 nitrogen and oxygen atoms in total. The van der Waals surface area contributed by atoms with E-state index in [4.69, 9.17) is 0 Å². The molecule has 1 fully saturated rings. The molecule has 0 radical (unpaired) electrons. The first-order chi connectivity index (χ1) is 9.22. The van der Waals surface area contributed by atoms with Gasteiger partial charge in [0.25, 0.3) is 0 Å². The Morgan fingerprint density at radius 1 is 1.42 bits per heavy atom. The highest BCUT2D eigenvalue weighted by Gasteiger charge is 2.23. The molecule has 1 saturated heterocycles. The Balaban J connectivity index is 2.24. The molecule has 2 N–H and O–H groups in total. The number of rotatable bonds is 5. The van der Waals surface area contributed by atoms with Crippen LogP contribution in [0.1, 0.15) is 30.0 Å². The van der Waals surface area contributed by atoms with E-state index in [1.54, 1.807) is 0 Å². The van der Waals surface area contributed by atoms with Crippen molar-refractivity contribution in [2.75, 3.05) is 26.2 Å². The summed E-state index contributed by atoms with van der Waals surface area (Å²) in [6.07, 6.45) is 3.95. The highest BCUT2D eigenvalue weighted by Crippen LogP contribution is 2.33. The molecule has 0 saturated carbocycles. The Kier molecular flexibility index (Phi) is 5.00. The number of hydrogen-bond acceptors (Lipinski definition) is 3. The van der Waals surface area contributed by atoms with Crippen molar-refractivity contribution in [2.24, 2.45) is 0 Å². The standard InChI is InChI=1S/C16H24N2O/c1-3-4-5-15(18-10-8-17-9-11-18)14-12-13(2)6-7-16(14)19/h3,6-7,12,15,17,19H,1,4-5,8-11H2,2H3/t15-/m0/s1. The van der Waals surface area contributed by atoms with Gasteiger partial charge in [0.2, 0.25) is 0 Å². The lowest BCUT2D eigenvalue weighted by Gasteiger charge is -2.35. The van der Waals surface area contributed by atoms with E-state index in [1.807, 2.05) is 18.2 Å². The number of aryl methyl sites for hydroxylation is 1. The van der Waals surface area contributed by atoms with Gasteiger partial charge in [0.1, 0.15) is 5.75 Å². The molecular formula is C16H24N2O. The quantitative estimate of drug-likeness (QED) is 0.799. The van der Waals surface area contributed by atoms with E-state index in [9.17, 15) is 5.11 Å². The minimum Gasteiger partial charge on any atom is -0.508 e. The topological polar surface area (TPSA) is 35.5 Å². The van der Waals surface area contributed by atoms with Gasteiger partial charge in [0.05, 0.1) is 0 Å². The second kappa shape index (κ2) is 6.73. The summed E-state index contributed by atoms with van der Waals surface area (Å²) in [5, 5.41) is 13.5. The molecule has 1 atom stereocenters. The summed E-state index contributed by atoms with van der Waals surface area (Å²) in [5.41, 5.74) is 2.26. The molecule has 19 heavy (non-hydrogen) atoms. The minimum atomic E-state index is 0.292. The van der Waals surface area contributed by atoms with Crippen LogP contribution in [0.5, 0.6) is 5.75 Å².